The van der Waals surface area contributed by atoms with Crippen molar-refractivity contribution in [2.45, 2.75) is 39.3 Å². The maximum Gasteiger partial charge on any atom is 0.0741 e. The Morgan fingerprint density at radius 1 is 1.54 bits per heavy atom. The number of hydrogen-bond donors (Lipinski definition) is 2. The Balaban J connectivity index is 3.60. The minimum Gasteiger partial charge on any atom is -0.389 e. The van der Waals surface area contributed by atoms with Crippen molar-refractivity contribution in [3.05, 3.63) is 0 Å². The first-order chi connectivity index (χ1) is 5.88. The molecule has 0 fully saturated rings. The van der Waals surface area contributed by atoms with Gasteiger partial charge in [0.1, 0.15) is 0 Å². The first-order valence-corrected chi connectivity index (χ1v) is 6.17. The maximum atomic E-state index is 11.1. The van der Waals surface area contributed by atoms with Crippen molar-refractivity contribution >= 4 is 10.8 Å². The lowest BCUT2D eigenvalue weighted by Gasteiger charge is -2.26. The molecule has 2 N–H and O–H groups in total. The summed E-state index contributed by atoms with van der Waals surface area (Å²) in [6, 6.07) is 0.0290. The Labute approximate surface area is 83.4 Å². The summed E-state index contributed by atoms with van der Waals surface area (Å²) in [7, 11) is -0.714. The van der Waals surface area contributed by atoms with Gasteiger partial charge in [-0.05, 0) is 20.8 Å². The molecule has 4 heteroatoms. The quantitative estimate of drug-likeness (QED) is 0.667. The molecule has 13 heavy (non-hydrogen) atoms. The van der Waals surface area contributed by atoms with Crippen LogP contribution in [0.25, 0.3) is 0 Å². The Hall–Kier alpha value is 0.0700. The summed E-state index contributed by atoms with van der Waals surface area (Å²) in [5.41, 5.74) is -0.715. The topological polar surface area (TPSA) is 49.3 Å². The van der Waals surface area contributed by atoms with Crippen molar-refractivity contribution in [3.63, 3.8) is 0 Å². The lowest BCUT2D eigenvalue weighted by atomic mass is 10.0. The van der Waals surface area contributed by atoms with Crippen LogP contribution in [0.4, 0.5) is 0 Å². The average Bonchev–Trinajstić information content (AvgIpc) is 2.02. The van der Waals surface area contributed by atoms with Crippen molar-refractivity contribution in [2.24, 2.45) is 0 Å². The SMILES string of the molecule is CCS(=O)CCNC(C)C(C)(C)O. The fourth-order valence-electron chi connectivity index (χ4n) is 0.783. The van der Waals surface area contributed by atoms with Gasteiger partial charge in [0, 0.05) is 34.9 Å². The minimum absolute atomic E-state index is 0.0290. The van der Waals surface area contributed by atoms with Crippen LogP contribution in [0, 0.1) is 0 Å². The first kappa shape index (κ1) is 13.1. The molecule has 0 amide bonds. The van der Waals surface area contributed by atoms with Crippen molar-refractivity contribution < 1.29 is 9.32 Å². The van der Waals surface area contributed by atoms with Crippen molar-refractivity contribution in [1.29, 1.82) is 0 Å². The number of aliphatic hydroxyl groups is 1. The lowest BCUT2D eigenvalue weighted by molar-refractivity contribution is 0.0451. The molecule has 0 heterocycles. The summed E-state index contributed by atoms with van der Waals surface area (Å²) in [4.78, 5) is 0. The monoisotopic (exact) mass is 207 g/mol. The maximum absolute atomic E-state index is 11.1. The van der Waals surface area contributed by atoms with Crippen LogP contribution in [-0.2, 0) is 10.8 Å². The molecule has 3 nitrogen and oxygen atoms in total. The van der Waals surface area contributed by atoms with E-state index in [1.165, 1.54) is 0 Å². The zero-order valence-electron chi connectivity index (χ0n) is 8.96. The number of rotatable bonds is 6. The van der Waals surface area contributed by atoms with Gasteiger partial charge >= 0.3 is 0 Å². The fraction of sp³-hybridized carbons (Fsp3) is 1.00. The van der Waals surface area contributed by atoms with Gasteiger partial charge in [-0.3, -0.25) is 4.21 Å². The summed E-state index contributed by atoms with van der Waals surface area (Å²) in [6.07, 6.45) is 0. The van der Waals surface area contributed by atoms with Crippen LogP contribution in [-0.4, -0.2) is 39.0 Å². The Kier molecular flexibility index (Phi) is 5.76. The van der Waals surface area contributed by atoms with Crippen LogP contribution in [0.15, 0.2) is 0 Å². The Morgan fingerprint density at radius 3 is 2.46 bits per heavy atom. The second kappa shape index (κ2) is 5.73. The molecule has 0 aromatic heterocycles. The van der Waals surface area contributed by atoms with E-state index in [0.717, 1.165) is 0 Å². The Bertz CT molecular complexity index is 165. The van der Waals surface area contributed by atoms with E-state index < -0.39 is 16.4 Å². The van der Waals surface area contributed by atoms with E-state index >= 15 is 0 Å². The van der Waals surface area contributed by atoms with Crippen LogP contribution in [0.5, 0.6) is 0 Å². The minimum atomic E-state index is -0.715. The van der Waals surface area contributed by atoms with Crippen LogP contribution >= 0.6 is 0 Å². The third-order valence-corrected chi connectivity index (χ3v) is 3.47. The van der Waals surface area contributed by atoms with E-state index in [9.17, 15) is 9.32 Å². The van der Waals surface area contributed by atoms with Crippen molar-refractivity contribution in [2.75, 3.05) is 18.1 Å². The standard InChI is InChI=1S/C9H21NO2S/c1-5-13(12)7-6-10-8(2)9(3,4)11/h8,10-11H,5-7H2,1-4H3. The molecule has 80 valence electrons. The predicted octanol–water partition coefficient (Wildman–Crippen LogP) is 0.504. The van der Waals surface area contributed by atoms with Crippen LogP contribution in [0.3, 0.4) is 0 Å². The molecular weight excluding hydrogens is 186 g/mol. The van der Waals surface area contributed by atoms with Gasteiger partial charge in [0.15, 0.2) is 0 Å². The molecule has 0 aromatic carbocycles. The third kappa shape index (κ3) is 6.18. The van der Waals surface area contributed by atoms with Gasteiger partial charge in [-0.15, -0.1) is 0 Å². The normalized spacial score (nSPS) is 17.0. The second-order valence-corrected chi connectivity index (χ2v) is 5.63. The van der Waals surface area contributed by atoms with E-state index in [1.807, 2.05) is 13.8 Å². The van der Waals surface area contributed by atoms with Crippen LogP contribution < -0.4 is 5.32 Å². The molecular formula is C9H21NO2S. The lowest BCUT2D eigenvalue weighted by Crippen LogP contribution is -2.45. The molecule has 0 aromatic rings. The summed E-state index contributed by atoms with van der Waals surface area (Å²) in [5.74, 6) is 1.37. The molecule has 0 aliphatic heterocycles. The fourth-order valence-corrected chi connectivity index (χ4v) is 1.42. The van der Waals surface area contributed by atoms with E-state index in [4.69, 9.17) is 0 Å². The predicted molar refractivity (Wildman–Crippen MR) is 57.3 cm³/mol. The van der Waals surface area contributed by atoms with Gasteiger partial charge < -0.3 is 10.4 Å². The van der Waals surface area contributed by atoms with Crippen LogP contribution in [0.1, 0.15) is 27.7 Å². The number of nitrogens with one attached hydrogen (secondary N) is 1. The highest BCUT2D eigenvalue weighted by Crippen LogP contribution is 2.06. The molecule has 2 unspecified atom stereocenters. The van der Waals surface area contributed by atoms with Gasteiger partial charge in [0.05, 0.1) is 5.60 Å². The highest BCUT2D eigenvalue weighted by molar-refractivity contribution is 7.84. The van der Waals surface area contributed by atoms with Gasteiger partial charge in [-0.1, -0.05) is 6.92 Å². The van der Waals surface area contributed by atoms with E-state index in [2.05, 4.69) is 5.32 Å². The third-order valence-electron chi connectivity index (χ3n) is 2.16. The highest BCUT2D eigenvalue weighted by Gasteiger charge is 2.21. The molecule has 0 rings (SSSR count). The molecule has 0 spiro atoms. The van der Waals surface area contributed by atoms with Gasteiger partial charge in [-0.2, -0.15) is 0 Å². The molecule has 0 bridgehead atoms. The molecule has 2 atom stereocenters. The zero-order chi connectivity index (χ0) is 10.5. The second-order valence-electron chi connectivity index (χ2n) is 3.76. The molecule has 0 saturated carbocycles. The Morgan fingerprint density at radius 2 is 2.08 bits per heavy atom. The van der Waals surface area contributed by atoms with Crippen molar-refractivity contribution in [1.82, 2.24) is 5.32 Å². The van der Waals surface area contributed by atoms with Gasteiger partial charge in [0.2, 0.25) is 0 Å². The highest BCUT2D eigenvalue weighted by atomic mass is 32.2. The summed E-state index contributed by atoms with van der Waals surface area (Å²) >= 11 is 0. The average molecular weight is 207 g/mol. The smallest absolute Gasteiger partial charge is 0.0741 e. The van der Waals surface area contributed by atoms with Crippen molar-refractivity contribution in [3.8, 4) is 0 Å². The summed E-state index contributed by atoms with van der Waals surface area (Å²) < 4.78 is 11.1. The van der Waals surface area contributed by atoms with Gasteiger partial charge in [-0.25, -0.2) is 0 Å². The first-order valence-electron chi connectivity index (χ1n) is 4.68. The van der Waals surface area contributed by atoms with E-state index in [1.54, 1.807) is 13.8 Å². The van der Waals surface area contributed by atoms with E-state index in [-0.39, 0.29) is 6.04 Å². The largest absolute Gasteiger partial charge is 0.389 e. The molecule has 0 aliphatic rings. The molecule has 0 saturated heterocycles. The van der Waals surface area contributed by atoms with E-state index in [0.29, 0.717) is 18.1 Å². The zero-order valence-corrected chi connectivity index (χ0v) is 9.78. The molecule has 0 aliphatic carbocycles. The molecule has 0 radical (unpaired) electrons. The summed E-state index contributed by atoms with van der Waals surface area (Å²) in [6.45, 7) is 8.07. The van der Waals surface area contributed by atoms with Crippen LogP contribution in [0.2, 0.25) is 0 Å². The van der Waals surface area contributed by atoms with Gasteiger partial charge in [0.25, 0.3) is 0 Å². The summed E-state index contributed by atoms with van der Waals surface area (Å²) in [5, 5.41) is 12.7. The number of hydrogen-bond acceptors (Lipinski definition) is 3.